The number of fused-ring (bicyclic) bond motifs is 2. The lowest BCUT2D eigenvalue weighted by Crippen LogP contribution is -2.08. The maximum absolute atomic E-state index is 12.4. The van der Waals surface area contributed by atoms with Crippen LogP contribution in [0.25, 0.3) is 33.5 Å². The molecule has 2 aromatic carbocycles. The number of nitrogens with zero attached hydrogens (tertiary/aromatic N) is 2. The van der Waals surface area contributed by atoms with Crippen molar-refractivity contribution in [2.45, 2.75) is 0 Å². The van der Waals surface area contributed by atoms with Gasteiger partial charge in [0.2, 0.25) is 5.89 Å². The molecular formula is C19H14N2O5. The third-order valence-electron chi connectivity index (χ3n) is 4.10. The first-order valence-corrected chi connectivity index (χ1v) is 7.82. The van der Waals surface area contributed by atoms with Crippen molar-refractivity contribution in [2.24, 2.45) is 0 Å². The van der Waals surface area contributed by atoms with Gasteiger partial charge in [-0.15, -0.1) is 0 Å². The van der Waals surface area contributed by atoms with E-state index in [1.54, 1.807) is 12.1 Å². The minimum absolute atomic E-state index is 0.0925. The first kappa shape index (κ1) is 15.9. The highest BCUT2D eigenvalue weighted by Gasteiger charge is 2.16. The van der Waals surface area contributed by atoms with Crippen molar-refractivity contribution in [3.05, 3.63) is 58.4 Å². The number of aromatic nitrogens is 1. The van der Waals surface area contributed by atoms with Gasteiger partial charge in [-0.3, -0.25) is 0 Å². The fourth-order valence-electron chi connectivity index (χ4n) is 2.70. The molecule has 0 saturated heterocycles. The standard InChI is InChI=1S/C19H14N2O5/c1-21(2)12-5-3-10-7-13(19(24)26-16(10)9-12)17-20-14-8-11(18(22)23)4-6-15(14)25-17/h3-9H,1-2H3,(H,22,23). The molecule has 7 nitrogen and oxygen atoms in total. The Morgan fingerprint density at radius 3 is 2.58 bits per heavy atom. The molecule has 0 amide bonds. The van der Waals surface area contributed by atoms with Gasteiger partial charge in [0.1, 0.15) is 16.7 Å². The van der Waals surface area contributed by atoms with Crippen LogP contribution in [0, 0.1) is 0 Å². The molecule has 2 aromatic heterocycles. The summed E-state index contributed by atoms with van der Waals surface area (Å²) < 4.78 is 11.0. The van der Waals surface area contributed by atoms with Crippen molar-refractivity contribution in [3.8, 4) is 11.5 Å². The van der Waals surface area contributed by atoms with Gasteiger partial charge in [-0.2, -0.15) is 0 Å². The number of aromatic carboxylic acids is 1. The fourth-order valence-corrected chi connectivity index (χ4v) is 2.70. The molecule has 4 aromatic rings. The van der Waals surface area contributed by atoms with Crippen molar-refractivity contribution in [3.63, 3.8) is 0 Å². The zero-order valence-electron chi connectivity index (χ0n) is 14.0. The van der Waals surface area contributed by atoms with E-state index in [0.29, 0.717) is 16.7 Å². The van der Waals surface area contributed by atoms with E-state index in [1.807, 2.05) is 31.1 Å². The molecular weight excluding hydrogens is 336 g/mol. The molecule has 0 unspecified atom stereocenters. The van der Waals surface area contributed by atoms with E-state index >= 15 is 0 Å². The highest BCUT2D eigenvalue weighted by atomic mass is 16.4. The number of carboxylic acids is 1. The summed E-state index contributed by atoms with van der Waals surface area (Å²) >= 11 is 0. The van der Waals surface area contributed by atoms with Crippen LogP contribution in [0.1, 0.15) is 10.4 Å². The molecule has 4 rings (SSSR count). The van der Waals surface area contributed by atoms with Crippen molar-refractivity contribution in [2.75, 3.05) is 19.0 Å². The van der Waals surface area contributed by atoms with E-state index in [2.05, 4.69) is 4.98 Å². The monoisotopic (exact) mass is 350 g/mol. The molecule has 0 saturated carbocycles. The summed E-state index contributed by atoms with van der Waals surface area (Å²) in [7, 11) is 3.80. The summed E-state index contributed by atoms with van der Waals surface area (Å²) in [5, 5.41) is 9.80. The highest BCUT2D eigenvalue weighted by Crippen LogP contribution is 2.27. The Morgan fingerprint density at radius 2 is 1.85 bits per heavy atom. The maximum atomic E-state index is 12.4. The van der Waals surface area contributed by atoms with Crippen LogP contribution in [-0.2, 0) is 0 Å². The minimum Gasteiger partial charge on any atom is -0.478 e. The van der Waals surface area contributed by atoms with Gasteiger partial charge in [-0.1, -0.05) is 0 Å². The Kier molecular flexibility index (Phi) is 3.50. The SMILES string of the molecule is CN(C)c1ccc2cc(-c3nc4cc(C(=O)O)ccc4o3)c(=O)oc2c1. The van der Waals surface area contributed by atoms with Crippen LogP contribution in [0.3, 0.4) is 0 Å². The molecule has 0 atom stereocenters. The van der Waals surface area contributed by atoms with Gasteiger partial charge in [-0.25, -0.2) is 14.6 Å². The van der Waals surface area contributed by atoms with Gasteiger partial charge in [-0.05, 0) is 36.4 Å². The first-order chi connectivity index (χ1) is 12.4. The Labute approximate surface area is 147 Å². The number of oxazole rings is 1. The van der Waals surface area contributed by atoms with E-state index in [0.717, 1.165) is 11.1 Å². The molecule has 2 heterocycles. The lowest BCUT2D eigenvalue weighted by molar-refractivity contribution is 0.0697. The van der Waals surface area contributed by atoms with Crippen LogP contribution in [0.4, 0.5) is 5.69 Å². The number of hydrogen-bond acceptors (Lipinski definition) is 6. The van der Waals surface area contributed by atoms with E-state index in [-0.39, 0.29) is 17.0 Å². The van der Waals surface area contributed by atoms with E-state index in [9.17, 15) is 9.59 Å². The summed E-state index contributed by atoms with van der Waals surface area (Å²) in [6.07, 6.45) is 0. The summed E-state index contributed by atoms with van der Waals surface area (Å²) in [5.41, 5.74) is 1.85. The maximum Gasteiger partial charge on any atom is 0.349 e. The minimum atomic E-state index is -1.06. The van der Waals surface area contributed by atoms with E-state index < -0.39 is 11.6 Å². The Hall–Kier alpha value is -3.61. The predicted molar refractivity (Wildman–Crippen MR) is 96.8 cm³/mol. The second-order valence-corrected chi connectivity index (χ2v) is 6.07. The Morgan fingerprint density at radius 1 is 1.04 bits per heavy atom. The first-order valence-electron chi connectivity index (χ1n) is 7.82. The largest absolute Gasteiger partial charge is 0.478 e. The Bertz CT molecular complexity index is 1220. The summed E-state index contributed by atoms with van der Waals surface area (Å²) in [6, 6.07) is 11.5. The fraction of sp³-hybridized carbons (Fsp3) is 0.105. The summed E-state index contributed by atoms with van der Waals surface area (Å²) in [4.78, 5) is 29.6. The van der Waals surface area contributed by atoms with Gasteiger partial charge < -0.3 is 18.8 Å². The van der Waals surface area contributed by atoms with Crippen LogP contribution in [0.5, 0.6) is 0 Å². The second kappa shape index (κ2) is 5.73. The van der Waals surface area contributed by atoms with Crippen LogP contribution >= 0.6 is 0 Å². The lowest BCUT2D eigenvalue weighted by atomic mass is 10.1. The normalized spacial score (nSPS) is 11.2. The third kappa shape index (κ3) is 2.59. The van der Waals surface area contributed by atoms with Crippen LogP contribution in [0.15, 0.2) is 56.1 Å². The van der Waals surface area contributed by atoms with Crippen LogP contribution in [-0.4, -0.2) is 30.2 Å². The third-order valence-corrected chi connectivity index (χ3v) is 4.10. The molecule has 26 heavy (non-hydrogen) atoms. The average molecular weight is 350 g/mol. The summed E-state index contributed by atoms with van der Waals surface area (Å²) in [5.74, 6) is -0.965. The molecule has 7 heteroatoms. The predicted octanol–water partition coefficient (Wildman–Crippen LogP) is 3.37. The van der Waals surface area contributed by atoms with Gasteiger partial charge >= 0.3 is 11.6 Å². The number of anilines is 1. The molecule has 0 aliphatic rings. The number of hydrogen-bond donors (Lipinski definition) is 1. The molecule has 0 fully saturated rings. The number of benzene rings is 2. The zero-order valence-corrected chi connectivity index (χ0v) is 14.0. The van der Waals surface area contributed by atoms with Crippen LogP contribution < -0.4 is 10.5 Å². The van der Waals surface area contributed by atoms with Crippen molar-refractivity contribution >= 4 is 33.7 Å². The number of rotatable bonds is 3. The van der Waals surface area contributed by atoms with Gasteiger partial charge in [0.25, 0.3) is 0 Å². The molecule has 0 aliphatic heterocycles. The van der Waals surface area contributed by atoms with Gasteiger partial charge in [0, 0.05) is 31.2 Å². The smallest absolute Gasteiger partial charge is 0.349 e. The quantitative estimate of drug-likeness (QED) is 0.566. The number of carbonyl (C=O) groups is 1. The molecule has 0 aliphatic carbocycles. The van der Waals surface area contributed by atoms with Gasteiger partial charge in [0.05, 0.1) is 5.56 Å². The van der Waals surface area contributed by atoms with Crippen LogP contribution in [0.2, 0.25) is 0 Å². The van der Waals surface area contributed by atoms with Crippen molar-refractivity contribution < 1.29 is 18.7 Å². The molecule has 0 spiro atoms. The topological polar surface area (TPSA) is 96.8 Å². The average Bonchev–Trinajstić information content (AvgIpc) is 3.03. The Balaban J connectivity index is 1.86. The molecule has 0 bridgehead atoms. The summed E-state index contributed by atoms with van der Waals surface area (Å²) in [6.45, 7) is 0. The van der Waals surface area contributed by atoms with Gasteiger partial charge in [0.15, 0.2) is 5.58 Å². The van der Waals surface area contributed by atoms with E-state index in [1.165, 1.54) is 18.2 Å². The second-order valence-electron chi connectivity index (χ2n) is 6.07. The van der Waals surface area contributed by atoms with E-state index in [4.69, 9.17) is 13.9 Å². The van der Waals surface area contributed by atoms with Crippen molar-refractivity contribution in [1.82, 2.24) is 4.98 Å². The molecule has 0 radical (unpaired) electrons. The lowest BCUT2D eigenvalue weighted by Gasteiger charge is -2.12. The zero-order chi connectivity index (χ0) is 18.4. The molecule has 130 valence electrons. The van der Waals surface area contributed by atoms with Crippen molar-refractivity contribution in [1.29, 1.82) is 0 Å². The highest BCUT2D eigenvalue weighted by molar-refractivity contribution is 5.92. The molecule has 1 N–H and O–H groups in total. The number of carboxylic acid groups (broad SMARTS) is 1.